The van der Waals surface area contributed by atoms with Crippen LogP contribution < -0.4 is 5.32 Å². The molecule has 1 fully saturated rings. The van der Waals surface area contributed by atoms with Crippen LogP contribution in [0.25, 0.3) is 0 Å². The number of nitriles is 1. The highest BCUT2D eigenvalue weighted by molar-refractivity contribution is 5.93. The molecular formula is C8H9N5O. The van der Waals surface area contributed by atoms with Crippen LogP contribution in [0.4, 0.5) is 0 Å². The van der Waals surface area contributed by atoms with Crippen molar-refractivity contribution in [3.05, 3.63) is 11.9 Å². The first kappa shape index (κ1) is 8.69. The van der Waals surface area contributed by atoms with E-state index in [0.29, 0.717) is 0 Å². The molecule has 0 saturated heterocycles. The number of hydrogen-bond acceptors (Lipinski definition) is 4. The Hall–Kier alpha value is -1.90. The molecule has 14 heavy (non-hydrogen) atoms. The van der Waals surface area contributed by atoms with Crippen molar-refractivity contribution in [2.45, 2.75) is 18.4 Å². The minimum atomic E-state index is -0.644. The second-order valence-electron chi connectivity index (χ2n) is 3.43. The van der Waals surface area contributed by atoms with Crippen LogP contribution in [0, 0.1) is 11.3 Å². The summed E-state index contributed by atoms with van der Waals surface area (Å²) < 4.78 is 1.45. The number of amides is 1. The first-order chi connectivity index (χ1) is 6.65. The lowest BCUT2D eigenvalue weighted by atomic mass is 10.3. The molecule has 0 unspecified atom stereocenters. The monoisotopic (exact) mass is 191 g/mol. The largest absolute Gasteiger partial charge is 0.332 e. The molecule has 0 atom stereocenters. The molecule has 6 nitrogen and oxygen atoms in total. The molecule has 1 N–H and O–H groups in total. The third kappa shape index (κ3) is 1.44. The maximum atomic E-state index is 11.5. The summed E-state index contributed by atoms with van der Waals surface area (Å²) in [7, 11) is 1.68. The molecule has 1 amide bonds. The third-order valence-electron chi connectivity index (χ3n) is 2.15. The minimum absolute atomic E-state index is 0.244. The van der Waals surface area contributed by atoms with Crippen molar-refractivity contribution in [1.82, 2.24) is 20.3 Å². The molecule has 1 heterocycles. The van der Waals surface area contributed by atoms with Gasteiger partial charge in [-0.25, -0.2) is 0 Å². The maximum absolute atomic E-state index is 11.5. The van der Waals surface area contributed by atoms with Crippen molar-refractivity contribution in [1.29, 1.82) is 5.26 Å². The lowest BCUT2D eigenvalue weighted by Gasteiger charge is -2.05. The summed E-state index contributed by atoms with van der Waals surface area (Å²) in [4.78, 5) is 11.5. The zero-order valence-corrected chi connectivity index (χ0v) is 7.69. The lowest BCUT2D eigenvalue weighted by molar-refractivity contribution is 0.0936. The summed E-state index contributed by atoms with van der Waals surface area (Å²) >= 11 is 0. The quantitative estimate of drug-likeness (QED) is 0.689. The van der Waals surface area contributed by atoms with Crippen LogP contribution in [-0.2, 0) is 7.05 Å². The van der Waals surface area contributed by atoms with Crippen molar-refractivity contribution in [2.24, 2.45) is 7.05 Å². The van der Waals surface area contributed by atoms with Gasteiger partial charge >= 0.3 is 0 Å². The highest BCUT2D eigenvalue weighted by atomic mass is 16.2. The molecule has 6 heteroatoms. The molecule has 1 aromatic rings. The van der Waals surface area contributed by atoms with Crippen LogP contribution in [-0.4, -0.2) is 26.4 Å². The second-order valence-corrected chi connectivity index (χ2v) is 3.43. The average Bonchev–Trinajstić information content (AvgIpc) is 2.80. The first-order valence-corrected chi connectivity index (χ1v) is 4.25. The van der Waals surface area contributed by atoms with Gasteiger partial charge in [0.2, 0.25) is 0 Å². The van der Waals surface area contributed by atoms with Gasteiger partial charge in [0, 0.05) is 7.05 Å². The smallest absolute Gasteiger partial charge is 0.274 e. The summed E-state index contributed by atoms with van der Waals surface area (Å²) in [5.41, 5.74) is -0.400. The molecule has 0 spiro atoms. The van der Waals surface area contributed by atoms with Crippen LogP contribution in [0.1, 0.15) is 23.3 Å². The van der Waals surface area contributed by atoms with Crippen LogP contribution >= 0.6 is 0 Å². The normalized spacial score (nSPS) is 17.1. The minimum Gasteiger partial charge on any atom is -0.332 e. The number of carbonyl (C=O) groups is 1. The number of nitrogens with one attached hydrogen (secondary N) is 1. The first-order valence-electron chi connectivity index (χ1n) is 4.25. The van der Waals surface area contributed by atoms with Crippen LogP contribution in [0.3, 0.4) is 0 Å². The molecule has 1 aromatic heterocycles. The number of hydrogen-bond donors (Lipinski definition) is 1. The molecule has 0 bridgehead atoms. The topological polar surface area (TPSA) is 83.6 Å². The Labute approximate surface area is 80.5 Å². The summed E-state index contributed by atoms with van der Waals surface area (Å²) in [6.45, 7) is 0. The van der Waals surface area contributed by atoms with Crippen molar-refractivity contribution in [3.63, 3.8) is 0 Å². The summed E-state index contributed by atoms with van der Waals surface area (Å²) in [5.74, 6) is -0.336. The predicted molar refractivity (Wildman–Crippen MR) is 46.0 cm³/mol. The Morgan fingerprint density at radius 3 is 2.93 bits per heavy atom. The molecule has 1 aliphatic rings. The molecule has 72 valence electrons. The van der Waals surface area contributed by atoms with E-state index in [1.165, 1.54) is 10.9 Å². The molecule has 0 aliphatic heterocycles. The fourth-order valence-corrected chi connectivity index (χ4v) is 1.12. The second kappa shape index (κ2) is 2.80. The van der Waals surface area contributed by atoms with Gasteiger partial charge in [-0.05, 0) is 12.8 Å². The fourth-order valence-electron chi connectivity index (χ4n) is 1.12. The van der Waals surface area contributed by atoms with E-state index >= 15 is 0 Å². The Morgan fingerprint density at radius 2 is 2.50 bits per heavy atom. The van der Waals surface area contributed by atoms with E-state index in [0.717, 1.165) is 12.8 Å². The van der Waals surface area contributed by atoms with Gasteiger partial charge in [-0.2, -0.15) is 5.26 Å². The highest BCUT2D eigenvalue weighted by Gasteiger charge is 2.45. The van der Waals surface area contributed by atoms with Gasteiger partial charge in [-0.1, -0.05) is 5.21 Å². The van der Waals surface area contributed by atoms with Gasteiger partial charge in [-0.3, -0.25) is 9.48 Å². The Kier molecular flexibility index (Phi) is 1.74. The van der Waals surface area contributed by atoms with Crippen LogP contribution in [0.2, 0.25) is 0 Å². The van der Waals surface area contributed by atoms with E-state index in [-0.39, 0.29) is 11.6 Å². The zero-order chi connectivity index (χ0) is 10.2. The number of aryl methyl sites for hydroxylation is 1. The van der Waals surface area contributed by atoms with Gasteiger partial charge in [0.15, 0.2) is 5.69 Å². The highest BCUT2D eigenvalue weighted by Crippen LogP contribution is 2.34. The molecule has 2 rings (SSSR count). The van der Waals surface area contributed by atoms with Gasteiger partial charge in [0.1, 0.15) is 5.54 Å². The zero-order valence-electron chi connectivity index (χ0n) is 7.69. The van der Waals surface area contributed by atoms with Crippen molar-refractivity contribution >= 4 is 5.91 Å². The molecular weight excluding hydrogens is 182 g/mol. The van der Waals surface area contributed by atoms with Crippen molar-refractivity contribution in [2.75, 3.05) is 0 Å². The maximum Gasteiger partial charge on any atom is 0.274 e. The lowest BCUT2D eigenvalue weighted by Crippen LogP contribution is -2.35. The molecule has 0 aromatic carbocycles. The number of nitrogens with zero attached hydrogens (tertiary/aromatic N) is 4. The van der Waals surface area contributed by atoms with Gasteiger partial charge < -0.3 is 5.32 Å². The van der Waals surface area contributed by atoms with E-state index < -0.39 is 5.54 Å². The number of carbonyl (C=O) groups excluding carboxylic acids is 1. The van der Waals surface area contributed by atoms with Gasteiger partial charge in [0.25, 0.3) is 5.91 Å². The van der Waals surface area contributed by atoms with Crippen molar-refractivity contribution in [3.8, 4) is 6.07 Å². The Bertz CT molecular complexity index is 412. The van der Waals surface area contributed by atoms with E-state index in [4.69, 9.17) is 5.26 Å². The summed E-state index contributed by atoms with van der Waals surface area (Å²) in [6, 6.07) is 2.07. The van der Waals surface area contributed by atoms with Crippen molar-refractivity contribution < 1.29 is 4.79 Å². The molecule has 1 saturated carbocycles. The van der Waals surface area contributed by atoms with E-state index in [1.54, 1.807) is 7.05 Å². The average molecular weight is 191 g/mol. The Morgan fingerprint density at radius 1 is 1.79 bits per heavy atom. The number of aromatic nitrogens is 3. The van der Waals surface area contributed by atoms with E-state index in [1.807, 2.05) is 0 Å². The summed E-state index contributed by atoms with van der Waals surface area (Å²) in [5, 5.41) is 18.7. The standard InChI is InChI=1S/C8H9N5O/c1-13-4-6(11-12-13)7(14)10-8(5-9)2-3-8/h4H,2-3H2,1H3,(H,10,14). The predicted octanol–water partition coefficient (Wildman–Crippen LogP) is -0.399. The SMILES string of the molecule is Cn1cc(C(=O)NC2(C#N)CC2)nn1. The van der Waals surface area contributed by atoms with E-state index in [2.05, 4.69) is 21.7 Å². The van der Waals surface area contributed by atoms with Crippen LogP contribution in [0.15, 0.2) is 6.20 Å². The Balaban J connectivity index is 2.07. The van der Waals surface area contributed by atoms with Gasteiger partial charge in [0.05, 0.1) is 12.3 Å². The fraction of sp³-hybridized carbons (Fsp3) is 0.500. The van der Waals surface area contributed by atoms with Gasteiger partial charge in [-0.15, -0.1) is 5.10 Å². The van der Waals surface area contributed by atoms with E-state index in [9.17, 15) is 4.79 Å². The van der Waals surface area contributed by atoms with Crippen LogP contribution in [0.5, 0.6) is 0 Å². The molecule has 1 aliphatic carbocycles. The summed E-state index contributed by atoms with van der Waals surface area (Å²) in [6.07, 6.45) is 2.95. The number of rotatable bonds is 2. The molecule has 0 radical (unpaired) electrons. The third-order valence-corrected chi connectivity index (χ3v) is 2.15.